The quantitative estimate of drug-likeness (QED) is 0.499. The van der Waals surface area contributed by atoms with E-state index in [1.807, 2.05) is 67.5 Å². The third-order valence-corrected chi connectivity index (χ3v) is 4.46. The SMILES string of the molecule is COc1cc(CNC[C@@H](O)C(Cc2ccccc2)NC(=O)O)cc(N(C)C)c1. The van der Waals surface area contributed by atoms with Gasteiger partial charge >= 0.3 is 6.09 Å². The number of benzene rings is 2. The minimum atomic E-state index is -1.15. The Hall–Kier alpha value is -2.77. The second-order valence-corrected chi connectivity index (χ2v) is 6.88. The third kappa shape index (κ3) is 6.75. The average molecular weight is 387 g/mol. The Morgan fingerprint density at radius 3 is 2.46 bits per heavy atom. The molecule has 0 aromatic heterocycles. The number of rotatable bonds is 10. The fourth-order valence-electron chi connectivity index (χ4n) is 2.94. The number of methoxy groups -OCH3 is 1. The van der Waals surface area contributed by atoms with Gasteiger partial charge in [-0.2, -0.15) is 0 Å². The van der Waals surface area contributed by atoms with Gasteiger partial charge in [-0.05, 0) is 29.7 Å². The summed E-state index contributed by atoms with van der Waals surface area (Å²) in [5, 5.41) is 25.2. The van der Waals surface area contributed by atoms with Crippen LogP contribution in [0, 0.1) is 0 Å². The van der Waals surface area contributed by atoms with Crippen LogP contribution in [0.2, 0.25) is 0 Å². The number of nitrogens with one attached hydrogen (secondary N) is 2. The van der Waals surface area contributed by atoms with Crippen LogP contribution >= 0.6 is 0 Å². The van der Waals surface area contributed by atoms with Gasteiger partial charge in [0.1, 0.15) is 5.75 Å². The minimum absolute atomic E-state index is 0.256. The van der Waals surface area contributed by atoms with Crippen LogP contribution in [0.15, 0.2) is 48.5 Å². The van der Waals surface area contributed by atoms with Gasteiger partial charge in [0.25, 0.3) is 0 Å². The lowest BCUT2D eigenvalue weighted by molar-refractivity contribution is 0.117. The molecule has 2 rings (SSSR count). The van der Waals surface area contributed by atoms with Crippen LogP contribution in [-0.4, -0.2) is 56.2 Å². The number of carbonyl (C=O) groups is 1. The van der Waals surface area contributed by atoms with Crippen molar-refractivity contribution in [2.24, 2.45) is 0 Å². The summed E-state index contributed by atoms with van der Waals surface area (Å²) in [7, 11) is 5.55. The van der Waals surface area contributed by atoms with E-state index < -0.39 is 18.2 Å². The summed E-state index contributed by atoms with van der Waals surface area (Å²) in [5.41, 5.74) is 3.00. The highest BCUT2D eigenvalue weighted by Crippen LogP contribution is 2.22. The van der Waals surface area contributed by atoms with Crippen LogP contribution in [0.25, 0.3) is 0 Å². The van der Waals surface area contributed by atoms with Crippen molar-refractivity contribution >= 4 is 11.8 Å². The molecule has 0 saturated carbocycles. The number of carboxylic acid groups (broad SMARTS) is 1. The molecule has 0 saturated heterocycles. The molecule has 0 spiro atoms. The highest BCUT2D eigenvalue weighted by Gasteiger charge is 2.21. The minimum Gasteiger partial charge on any atom is -0.497 e. The molecule has 2 aromatic carbocycles. The Labute approximate surface area is 165 Å². The van der Waals surface area contributed by atoms with Crippen LogP contribution in [0.3, 0.4) is 0 Å². The number of ether oxygens (including phenoxy) is 1. The Kier molecular flexibility index (Phi) is 8.10. The van der Waals surface area contributed by atoms with Crippen molar-refractivity contribution in [1.82, 2.24) is 10.6 Å². The number of nitrogens with zero attached hydrogens (tertiary/aromatic N) is 1. The van der Waals surface area contributed by atoms with Crippen LogP contribution < -0.4 is 20.3 Å². The summed E-state index contributed by atoms with van der Waals surface area (Å²) < 4.78 is 5.34. The van der Waals surface area contributed by atoms with Gasteiger partial charge in [0.15, 0.2) is 0 Å². The van der Waals surface area contributed by atoms with E-state index in [1.54, 1.807) is 7.11 Å². The fourth-order valence-corrected chi connectivity index (χ4v) is 2.94. The molecule has 0 aliphatic rings. The second kappa shape index (κ2) is 10.5. The molecule has 7 nitrogen and oxygen atoms in total. The number of anilines is 1. The lowest BCUT2D eigenvalue weighted by Gasteiger charge is -2.23. The number of amides is 1. The summed E-state index contributed by atoms with van der Waals surface area (Å²) in [6.45, 7) is 0.784. The fraction of sp³-hybridized carbons (Fsp3) is 0.381. The molecule has 1 unspecified atom stereocenters. The van der Waals surface area contributed by atoms with Crippen LogP contribution in [-0.2, 0) is 13.0 Å². The highest BCUT2D eigenvalue weighted by molar-refractivity contribution is 5.65. The number of hydrogen-bond acceptors (Lipinski definition) is 5. The van der Waals surface area contributed by atoms with Crippen LogP contribution in [0.5, 0.6) is 5.75 Å². The Balaban J connectivity index is 1.97. The van der Waals surface area contributed by atoms with Gasteiger partial charge in [-0.3, -0.25) is 0 Å². The van der Waals surface area contributed by atoms with Crippen molar-refractivity contribution < 1.29 is 19.7 Å². The Bertz CT molecular complexity index is 753. The zero-order valence-electron chi connectivity index (χ0n) is 16.6. The molecule has 7 heteroatoms. The second-order valence-electron chi connectivity index (χ2n) is 6.88. The van der Waals surface area contributed by atoms with E-state index in [1.165, 1.54) is 0 Å². The smallest absolute Gasteiger partial charge is 0.404 e. The molecular formula is C21H29N3O4. The Morgan fingerprint density at radius 2 is 1.86 bits per heavy atom. The zero-order valence-corrected chi connectivity index (χ0v) is 16.6. The molecule has 4 N–H and O–H groups in total. The lowest BCUT2D eigenvalue weighted by atomic mass is 10.0. The van der Waals surface area contributed by atoms with Gasteiger partial charge in [-0.25, -0.2) is 4.79 Å². The van der Waals surface area contributed by atoms with Crippen molar-refractivity contribution in [1.29, 1.82) is 0 Å². The number of aliphatic hydroxyl groups excluding tert-OH is 1. The number of aliphatic hydroxyl groups is 1. The van der Waals surface area contributed by atoms with E-state index in [2.05, 4.69) is 10.6 Å². The van der Waals surface area contributed by atoms with E-state index in [9.17, 15) is 9.90 Å². The molecular weight excluding hydrogens is 358 g/mol. The predicted octanol–water partition coefficient (Wildman–Crippen LogP) is 2.09. The molecule has 0 bridgehead atoms. The molecule has 0 fully saturated rings. The zero-order chi connectivity index (χ0) is 20.5. The largest absolute Gasteiger partial charge is 0.497 e. The van der Waals surface area contributed by atoms with Crippen LogP contribution in [0.4, 0.5) is 10.5 Å². The average Bonchev–Trinajstić information content (AvgIpc) is 2.67. The van der Waals surface area contributed by atoms with Gasteiger partial charge in [-0.15, -0.1) is 0 Å². The Morgan fingerprint density at radius 1 is 1.14 bits per heavy atom. The molecule has 2 atom stereocenters. The first-order valence-electron chi connectivity index (χ1n) is 9.16. The van der Waals surface area contributed by atoms with E-state index in [0.717, 1.165) is 22.6 Å². The van der Waals surface area contributed by atoms with Crippen molar-refractivity contribution in [3.63, 3.8) is 0 Å². The van der Waals surface area contributed by atoms with Gasteiger partial charge < -0.3 is 30.5 Å². The van der Waals surface area contributed by atoms with Gasteiger partial charge in [0, 0.05) is 38.9 Å². The summed E-state index contributed by atoms with van der Waals surface area (Å²) in [5.74, 6) is 0.762. The van der Waals surface area contributed by atoms with E-state index in [0.29, 0.717) is 13.0 Å². The first-order chi connectivity index (χ1) is 13.4. The molecule has 0 radical (unpaired) electrons. The molecule has 0 aliphatic carbocycles. The van der Waals surface area contributed by atoms with E-state index in [4.69, 9.17) is 9.84 Å². The predicted molar refractivity (Wildman–Crippen MR) is 110 cm³/mol. The normalized spacial score (nSPS) is 12.9. The van der Waals surface area contributed by atoms with E-state index in [-0.39, 0.29) is 6.54 Å². The maximum absolute atomic E-state index is 11.1. The number of hydrogen-bond donors (Lipinski definition) is 4. The molecule has 1 amide bonds. The first-order valence-corrected chi connectivity index (χ1v) is 9.16. The third-order valence-electron chi connectivity index (χ3n) is 4.46. The van der Waals surface area contributed by atoms with Crippen LogP contribution in [0.1, 0.15) is 11.1 Å². The van der Waals surface area contributed by atoms with Gasteiger partial charge in [0.2, 0.25) is 0 Å². The standard InChI is InChI=1S/C21H29N3O4/c1-24(2)17-9-16(10-18(12-17)28-3)13-22-14-20(25)19(23-21(26)27)11-15-7-5-4-6-8-15/h4-10,12,19-20,22-23,25H,11,13-14H2,1-3H3,(H,26,27)/t19?,20-/m1/s1. The summed E-state index contributed by atoms with van der Waals surface area (Å²) in [6, 6.07) is 14.8. The summed E-state index contributed by atoms with van der Waals surface area (Å²) >= 11 is 0. The summed E-state index contributed by atoms with van der Waals surface area (Å²) in [6.07, 6.45) is -1.60. The summed E-state index contributed by atoms with van der Waals surface area (Å²) in [4.78, 5) is 13.1. The van der Waals surface area contributed by atoms with Crippen molar-refractivity contribution in [3.8, 4) is 5.75 Å². The first kappa shape index (κ1) is 21.5. The van der Waals surface area contributed by atoms with Crippen molar-refractivity contribution in [3.05, 3.63) is 59.7 Å². The van der Waals surface area contributed by atoms with Crippen molar-refractivity contribution in [2.75, 3.05) is 32.6 Å². The monoisotopic (exact) mass is 387 g/mol. The maximum Gasteiger partial charge on any atom is 0.404 e. The van der Waals surface area contributed by atoms with Gasteiger partial charge in [0.05, 0.1) is 19.3 Å². The molecule has 0 heterocycles. The topological polar surface area (TPSA) is 94.1 Å². The molecule has 2 aromatic rings. The van der Waals surface area contributed by atoms with Gasteiger partial charge in [-0.1, -0.05) is 30.3 Å². The molecule has 28 heavy (non-hydrogen) atoms. The highest BCUT2D eigenvalue weighted by atomic mass is 16.5. The molecule has 152 valence electrons. The maximum atomic E-state index is 11.1. The van der Waals surface area contributed by atoms with E-state index >= 15 is 0 Å². The molecule has 0 aliphatic heterocycles. The van der Waals surface area contributed by atoms with Crippen molar-refractivity contribution in [2.45, 2.75) is 25.1 Å². The lowest BCUT2D eigenvalue weighted by Crippen LogP contribution is -2.48.